The summed E-state index contributed by atoms with van der Waals surface area (Å²) in [6, 6.07) is 0. The molecule has 1 aliphatic rings. The molecule has 6 nitrogen and oxygen atoms in total. The highest BCUT2D eigenvalue weighted by Gasteiger charge is 2.15. The Kier molecular flexibility index (Phi) is 6.13. The van der Waals surface area contributed by atoms with Crippen molar-refractivity contribution in [3.05, 3.63) is 11.1 Å². The topological polar surface area (TPSA) is 71.5 Å². The second-order valence-corrected chi connectivity index (χ2v) is 5.87. The number of amides is 1. The first kappa shape index (κ1) is 15.9. The summed E-state index contributed by atoms with van der Waals surface area (Å²) in [5.74, 6) is -0.345. The minimum Gasteiger partial charge on any atom is -0.466 e. The Morgan fingerprint density at radius 3 is 2.86 bits per heavy atom. The van der Waals surface area contributed by atoms with E-state index in [4.69, 9.17) is 4.74 Å². The van der Waals surface area contributed by atoms with Crippen LogP contribution in [-0.4, -0.2) is 48.0 Å². The molecule has 0 radical (unpaired) electrons. The van der Waals surface area contributed by atoms with E-state index in [-0.39, 0.29) is 18.3 Å². The lowest BCUT2D eigenvalue weighted by Crippen LogP contribution is -2.36. The molecule has 1 aromatic heterocycles. The Hall–Kier alpha value is -1.47. The van der Waals surface area contributed by atoms with E-state index in [1.165, 1.54) is 17.8 Å². The van der Waals surface area contributed by atoms with Crippen molar-refractivity contribution >= 4 is 28.3 Å². The van der Waals surface area contributed by atoms with Crippen LogP contribution in [0.25, 0.3) is 0 Å². The molecular weight excluding hydrogens is 290 g/mol. The number of thiazole rings is 1. The van der Waals surface area contributed by atoms with Gasteiger partial charge in [-0.15, -0.1) is 11.3 Å². The lowest BCUT2D eigenvalue weighted by Gasteiger charge is -2.25. The van der Waals surface area contributed by atoms with Crippen molar-refractivity contribution in [3.8, 4) is 0 Å². The minimum absolute atomic E-state index is 0.0473. The summed E-state index contributed by atoms with van der Waals surface area (Å²) in [5, 5.41) is 5.10. The number of anilines is 1. The predicted octanol–water partition coefficient (Wildman–Crippen LogP) is 1.67. The summed E-state index contributed by atoms with van der Waals surface area (Å²) in [7, 11) is 0. The van der Waals surface area contributed by atoms with E-state index >= 15 is 0 Å². The van der Waals surface area contributed by atoms with Crippen LogP contribution in [-0.2, 0) is 20.7 Å². The monoisotopic (exact) mass is 311 g/mol. The van der Waals surface area contributed by atoms with Crippen LogP contribution in [0.3, 0.4) is 0 Å². The lowest BCUT2D eigenvalue weighted by molar-refractivity contribution is -0.142. The van der Waals surface area contributed by atoms with Gasteiger partial charge in [0.2, 0.25) is 5.91 Å². The number of rotatable bonds is 6. The van der Waals surface area contributed by atoms with E-state index in [9.17, 15) is 9.59 Å². The second-order valence-electron chi connectivity index (χ2n) is 5.01. The fourth-order valence-electron chi connectivity index (χ4n) is 2.28. The van der Waals surface area contributed by atoms with Crippen LogP contribution in [0.2, 0.25) is 0 Å². The molecule has 2 heterocycles. The zero-order chi connectivity index (χ0) is 15.1. The smallest absolute Gasteiger partial charge is 0.311 e. The molecule has 1 N–H and O–H groups in total. The number of nitrogens with one attached hydrogen (secondary N) is 1. The van der Waals surface area contributed by atoms with Crippen LogP contribution in [0.15, 0.2) is 5.38 Å². The normalized spacial score (nSPS) is 15.7. The van der Waals surface area contributed by atoms with Crippen LogP contribution < -0.4 is 5.32 Å². The fourth-order valence-corrected chi connectivity index (χ4v) is 3.01. The third kappa shape index (κ3) is 5.43. The quantitative estimate of drug-likeness (QED) is 0.809. The van der Waals surface area contributed by atoms with Crippen molar-refractivity contribution in [2.75, 3.05) is 31.6 Å². The van der Waals surface area contributed by atoms with Gasteiger partial charge in [-0.3, -0.25) is 14.5 Å². The molecular formula is C14H21N3O3S. The number of aromatic nitrogens is 1. The average Bonchev–Trinajstić information content (AvgIpc) is 2.87. The van der Waals surface area contributed by atoms with Gasteiger partial charge in [-0.25, -0.2) is 4.98 Å². The molecule has 21 heavy (non-hydrogen) atoms. The Balaban J connectivity index is 1.78. The van der Waals surface area contributed by atoms with Crippen LogP contribution >= 0.6 is 11.3 Å². The van der Waals surface area contributed by atoms with Crippen molar-refractivity contribution in [1.29, 1.82) is 0 Å². The van der Waals surface area contributed by atoms with Gasteiger partial charge in [-0.05, 0) is 32.9 Å². The summed E-state index contributed by atoms with van der Waals surface area (Å²) in [4.78, 5) is 29.7. The standard InChI is InChI=1S/C14H21N3O3S/c1-2-20-13(19)8-11-10-21-14(15-11)16-12(18)9-17-6-4-3-5-7-17/h10H,2-9H2,1H3,(H,15,16,18). The average molecular weight is 311 g/mol. The van der Waals surface area contributed by atoms with Crippen molar-refractivity contribution < 1.29 is 14.3 Å². The maximum Gasteiger partial charge on any atom is 0.311 e. The third-order valence-electron chi connectivity index (χ3n) is 3.24. The molecule has 1 amide bonds. The van der Waals surface area contributed by atoms with Gasteiger partial charge in [0, 0.05) is 5.38 Å². The van der Waals surface area contributed by atoms with E-state index in [0.717, 1.165) is 25.9 Å². The van der Waals surface area contributed by atoms with E-state index < -0.39 is 0 Å². The number of carbonyl (C=O) groups excluding carboxylic acids is 2. The van der Waals surface area contributed by atoms with Gasteiger partial charge in [-0.1, -0.05) is 6.42 Å². The first-order valence-corrected chi connectivity index (χ1v) is 8.17. The summed E-state index contributed by atoms with van der Waals surface area (Å²) in [6.45, 7) is 4.51. The number of piperidine rings is 1. The van der Waals surface area contributed by atoms with Crippen molar-refractivity contribution in [2.45, 2.75) is 32.6 Å². The summed E-state index contributed by atoms with van der Waals surface area (Å²) < 4.78 is 4.87. The third-order valence-corrected chi connectivity index (χ3v) is 4.05. The zero-order valence-corrected chi connectivity index (χ0v) is 13.1. The zero-order valence-electron chi connectivity index (χ0n) is 12.3. The summed E-state index contributed by atoms with van der Waals surface area (Å²) in [5.41, 5.74) is 0.631. The number of carbonyl (C=O) groups is 2. The Morgan fingerprint density at radius 2 is 2.14 bits per heavy atom. The van der Waals surface area contributed by atoms with E-state index in [0.29, 0.717) is 24.0 Å². The molecule has 1 aromatic rings. The number of hydrogen-bond acceptors (Lipinski definition) is 6. The maximum absolute atomic E-state index is 11.9. The van der Waals surface area contributed by atoms with Crippen molar-refractivity contribution in [1.82, 2.24) is 9.88 Å². The van der Waals surface area contributed by atoms with Gasteiger partial charge in [0.1, 0.15) is 0 Å². The first-order valence-electron chi connectivity index (χ1n) is 7.29. The van der Waals surface area contributed by atoms with E-state index in [1.54, 1.807) is 12.3 Å². The molecule has 0 aromatic carbocycles. The molecule has 0 spiro atoms. The van der Waals surface area contributed by atoms with Gasteiger partial charge in [-0.2, -0.15) is 0 Å². The number of nitrogens with zero attached hydrogens (tertiary/aromatic N) is 2. The molecule has 116 valence electrons. The molecule has 1 saturated heterocycles. The number of hydrogen-bond donors (Lipinski definition) is 1. The molecule has 0 aliphatic carbocycles. The SMILES string of the molecule is CCOC(=O)Cc1csc(NC(=O)CN2CCCCC2)n1. The van der Waals surface area contributed by atoms with E-state index in [2.05, 4.69) is 15.2 Å². The van der Waals surface area contributed by atoms with Gasteiger partial charge in [0.05, 0.1) is 25.3 Å². The van der Waals surface area contributed by atoms with E-state index in [1.807, 2.05) is 0 Å². The Labute approximate surface area is 128 Å². The van der Waals surface area contributed by atoms with Crippen LogP contribution in [0, 0.1) is 0 Å². The van der Waals surface area contributed by atoms with Gasteiger partial charge in [0.25, 0.3) is 0 Å². The molecule has 0 atom stereocenters. The van der Waals surface area contributed by atoms with Gasteiger partial charge >= 0.3 is 5.97 Å². The highest BCUT2D eigenvalue weighted by molar-refractivity contribution is 7.13. The fraction of sp³-hybridized carbons (Fsp3) is 0.643. The van der Waals surface area contributed by atoms with Gasteiger partial charge < -0.3 is 10.1 Å². The number of esters is 1. The molecule has 7 heteroatoms. The minimum atomic E-state index is -0.297. The first-order chi connectivity index (χ1) is 10.2. The Bertz CT molecular complexity index is 484. The summed E-state index contributed by atoms with van der Waals surface area (Å²) in [6.07, 6.45) is 3.72. The highest BCUT2D eigenvalue weighted by atomic mass is 32.1. The van der Waals surface area contributed by atoms with Crippen LogP contribution in [0.4, 0.5) is 5.13 Å². The van der Waals surface area contributed by atoms with Crippen molar-refractivity contribution in [3.63, 3.8) is 0 Å². The molecule has 0 bridgehead atoms. The van der Waals surface area contributed by atoms with Crippen LogP contribution in [0.5, 0.6) is 0 Å². The molecule has 1 fully saturated rings. The molecule has 0 unspecified atom stereocenters. The molecule has 2 rings (SSSR count). The predicted molar refractivity (Wildman–Crippen MR) is 81.4 cm³/mol. The lowest BCUT2D eigenvalue weighted by atomic mass is 10.1. The maximum atomic E-state index is 11.9. The second kappa shape index (κ2) is 8.09. The highest BCUT2D eigenvalue weighted by Crippen LogP contribution is 2.16. The molecule has 0 saturated carbocycles. The number of ether oxygens (including phenoxy) is 1. The Morgan fingerprint density at radius 1 is 1.38 bits per heavy atom. The van der Waals surface area contributed by atoms with Crippen LogP contribution in [0.1, 0.15) is 31.9 Å². The number of likely N-dealkylation sites (tertiary alicyclic amines) is 1. The molecule has 1 aliphatic heterocycles. The van der Waals surface area contributed by atoms with Crippen molar-refractivity contribution in [2.24, 2.45) is 0 Å². The summed E-state index contributed by atoms with van der Waals surface area (Å²) >= 11 is 1.33. The van der Waals surface area contributed by atoms with Gasteiger partial charge in [0.15, 0.2) is 5.13 Å². The largest absolute Gasteiger partial charge is 0.466 e.